The number of hydrogen-bond acceptors (Lipinski definition) is 3. The Morgan fingerprint density at radius 1 is 1.33 bits per heavy atom. The van der Waals surface area contributed by atoms with Crippen LogP contribution in [0.3, 0.4) is 0 Å². The first-order valence-electron chi connectivity index (χ1n) is 4.20. The average molecular weight is 220 g/mol. The van der Waals surface area contributed by atoms with Gasteiger partial charge >= 0.3 is 6.18 Å². The molecule has 15 heavy (non-hydrogen) atoms. The van der Waals surface area contributed by atoms with Crippen LogP contribution in [-0.4, -0.2) is 11.3 Å². The number of benzene rings is 1. The van der Waals surface area contributed by atoms with E-state index in [2.05, 4.69) is 0 Å². The van der Waals surface area contributed by atoms with Crippen LogP contribution >= 0.6 is 0 Å². The average Bonchev–Trinajstić information content (AvgIpc) is 2.16. The van der Waals surface area contributed by atoms with E-state index >= 15 is 0 Å². The van der Waals surface area contributed by atoms with Gasteiger partial charge in [-0.3, -0.25) is 0 Å². The van der Waals surface area contributed by atoms with E-state index in [-0.39, 0.29) is 12.1 Å². The maximum atomic E-state index is 12.3. The van der Waals surface area contributed by atoms with Crippen molar-refractivity contribution in [2.75, 3.05) is 0 Å². The number of nitrogens with two attached hydrogens (primary N) is 2. The molecule has 84 valence electrons. The molecule has 0 saturated carbocycles. The summed E-state index contributed by atoms with van der Waals surface area (Å²) in [6.45, 7) is 0.0951. The molecular formula is C9H11F3N2O. The normalized spacial score (nSPS) is 13.9. The van der Waals surface area contributed by atoms with Crippen molar-refractivity contribution in [3.63, 3.8) is 0 Å². The van der Waals surface area contributed by atoms with Crippen molar-refractivity contribution >= 4 is 0 Å². The summed E-state index contributed by atoms with van der Waals surface area (Å²) in [5.41, 5.74) is 10.4. The first-order valence-corrected chi connectivity index (χ1v) is 4.20. The second-order valence-electron chi connectivity index (χ2n) is 3.12. The maximum absolute atomic E-state index is 12.3. The third-order valence-electron chi connectivity index (χ3n) is 2.02. The smallest absolute Gasteiger partial charge is 0.407 e. The summed E-state index contributed by atoms with van der Waals surface area (Å²) in [7, 11) is 0. The van der Waals surface area contributed by atoms with Crippen molar-refractivity contribution in [2.45, 2.75) is 18.8 Å². The van der Waals surface area contributed by atoms with Gasteiger partial charge in [-0.15, -0.1) is 0 Å². The number of phenolic OH excluding ortho intramolecular Hbond substituents is 1. The molecule has 0 fully saturated rings. The van der Waals surface area contributed by atoms with E-state index in [1.54, 1.807) is 0 Å². The molecule has 3 nitrogen and oxygen atoms in total. The topological polar surface area (TPSA) is 72.3 Å². The summed E-state index contributed by atoms with van der Waals surface area (Å²) in [6, 6.07) is 1.57. The Hall–Kier alpha value is -1.27. The van der Waals surface area contributed by atoms with E-state index in [1.807, 2.05) is 0 Å². The number of phenols is 1. The van der Waals surface area contributed by atoms with Gasteiger partial charge in [0.15, 0.2) is 0 Å². The maximum Gasteiger partial charge on any atom is 0.407 e. The van der Waals surface area contributed by atoms with Crippen molar-refractivity contribution in [2.24, 2.45) is 11.5 Å². The molecule has 0 radical (unpaired) electrons. The van der Waals surface area contributed by atoms with Gasteiger partial charge in [0.25, 0.3) is 0 Å². The number of hydrogen-bond donors (Lipinski definition) is 3. The van der Waals surface area contributed by atoms with Crippen molar-refractivity contribution in [1.29, 1.82) is 0 Å². The Balaban J connectivity index is 3.12. The van der Waals surface area contributed by atoms with Gasteiger partial charge in [0.1, 0.15) is 11.8 Å². The largest absolute Gasteiger partial charge is 0.508 e. The highest BCUT2D eigenvalue weighted by atomic mass is 19.4. The fourth-order valence-electron chi connectivity index (χ4n) is 1.16. The van der Waals surface area contributed by atoms with Gasteiger partial charge in [-0.1, -0.05) is 6.07 Å². The molecule has 1 aromatic carbocycles. The van der Waals surface area contributed by atoms with E-state index < -0.39 is 18.0 Å². The van der Waals surface area contributed by atoms with Crippen molar-refractivity contribution in [1.82, 2.24) is 0 Å². The van der Waals surface area contributed by atoms with Gasteiger partial charge in [0.05, 0.1) is 0 Å². The van der Waals surface area contributed by atoms with Crippen LogP contribution in [0.4, 0.5) is 13.2 Å². The van der Waals surface area contributed by atoms with Gasteiger partial charge in [0.2, 0.25) is 0 Å². The summed E-state index contributed by atoms with van der Waals surface area (Å²) in [4.78, 5) is 0. The van der Waals surface area contributed by atoms with E-state index in [0.29, 0.717) is 5.56 Å². The summed E-state index contributed by atoms with van der Waals surface area (Å²) in [5.74, 6) is -0.475. The van der Waals surface area contributed by atoms with Crippen LogP contribution in [-0.2, 0) is 6.54 Å². The standard InChI is InChI=1S/C9H11F3N2O/c10-9(11,12)8(14)6-3-5(4-13)1-2-7(6)15/h1-3,8,15H,4,13-14H2/t8-/m0/s1. The number of halogens is 3. The monoisotopic (exact) mass is 220 g/mol. The lowest BCUT2D eigenvalue weighted by atomic mass is 10.0. The lowest BCUT2D eigenvalue weighted by Crippen LogP contribution is -2.28. The molecule has 0 aliphatic carbocycles. The molecular weight excluding hydrogens is 209 g/mol. The summed E-state index contributed by atoms with van der Waals surface area (Å²) >= 11 is 0. The number of rotatable bonds is 2. The predicted molar refractivity (Wildman–Crippen MR) is 49.0 cm³/mol. The molecule has 0 amide bonds. The third kappa shape index (κ3) is 2.60. The minimum atomic E-state index is -4.58. The van der Waals surface area contributed by atoms with Crippen LogP contribution in [0.25, 0.3) is 0 Å². The van der Waals surface area contributed by atoms with Gasteiger partial charge in [-0.25, -0.2) is 0 Å². The Morgan fingerprint density at radius 3 is 2.40 bits per heavy atom. The summed E-state index contributed by atoms with van der Waals surface area (Å²) in [6.07, 6.45) is -4.58. The molecule has 0 aliphatic rings. The van der Waals surface area contributed by atoms with Crippen molar-refractivity contribution in [3.05, 3.63) is 29.3 Å². The molecule has 0 aromatic heterocycles. The number of aromatic hydroxyl groups is 1. The molecule has 1 rings (SSSR count). The zero-order chi connectivity index (χ0) is 11.6. The van der Waals surface area contributed by atoms with Crippen molar-refractivity contribution in [3.8, 4) is 5.75 Å². The molecule has 0 bridgehead atoms. The van der Waals surface area contributed by atoms with Crippen LogP contribution in [0.5, 0.6) is 5.75 Å². The molecule has 0 saturated heterocycles. The Kier molecular flexibility index (Phi) is 3.21. The van der Waals surface area contributed by atoms with Gasteiger partial charge < -0.3 is 16.6 Å². The van der Waals surface area contributed by atoms with Gasteiger partial charge in [-0.05, 0) is 17.7 Å². The zero-order valence-electron chi connectivity index (χ0n) is 7.75. The summed E-state index contributed by atoms with van der Waals surface area (Å²) in [5, 5.41) is 9.24. The molecule has 0 heterocycles. The molecule has 5 N–H and O–H groups in total. The van der Waals surface area contributed by atoms with Gasteiger partial charge in [-0.2, -0.15) is 13.2 Å². The second-order valence-corrected chi connectivity index (χ2v) is 3.12. The van der Waals surface area contributed by atoms with Crippen LogP contribution < -0.4 is 11.5 Å². The first-order chi connectivity index (χ1) is 6.86. The SMILES string of the molecule is NCc1ccc(O)c([C@H](N)C(F)(F)F)c1. The fourth-order valence-corrected chi connectivity index (χ4v) is 1.16. The molecule has 0 unspecified atom stereocenters. The minimum Gasteiger partial charge on any atom is -0.508 e. The van der Waals surface area contributed by atoms with E-state index in [1.165, 1.54) is 6.07 Å². The van der Waals surface area contributed by atoms with Crippen LogP contribution in [0.1, 0.15) is 17.2 Å². The third-order valence-corrected chi connectivity index (χ3v) is 2.02. The Morgan fingerprint density at radius 2 is 1.93 bits per heavy atom. The molecule has 0 spiro atoms. The predicted octanol–water partition coefficient (Wildman–Crippen LogP) is 1.41. The minimum absolute atomic E-state index is 0.0951. The Labute approximate surface area is 84.5 Å². The van der Waals surface area contributed by atoms with Crippen molar-refractivity contribution < 1.29 is 18.3 Å². The lowest BCUT2D eigenvalue weighted by Gasteiger charge is -2.17. The van der Waals surface area contributed by atoms with Crippen LogP contribution in [0, 0.1) is 0 Å². The molecule has 1 atom stereocenters. The second kappa shape index (κ2) is 4.08. The molecule has 6 heteroatoms. The highest BCUT2D eigenvalue weighted by Gasteiger charge is 2.39. The number of alkyl halides is 3. The highest BCUT2D eigenvalue weighted by Crippen LogP contribution is 2.35. The van der Waals surface area contributed by atoms with E-state index in [0.717, 1.165) is 12.1 Å². The van der Waals surface area contributed by atoms with E-state index in [9.17, 15) is 18.3 Å². The zero-order valence-corrected chi connectivity index (χ0v) is 7.75. The Bertz CT molecular complexity index is 352. The highest BCUT2D eigenvalue weighted by molar-refractivity contribution is 5.38. The summed E-state index contributed by atoms with van der Waals surface area (Å²) < 4.78 is 36.8. The molecule has 1 aromatic rings. The van der Waals surface area contributed by atoms with Crippen LogP contribution in [0.15, 0.2) is 18.2 Å². The lowest BCUT2D eigenvalue weighted by molar-refractivity contribution is -0.149. The molecule has 0 aliphatic heterocycles. The fraction of sp³-hybridized carbons (Fsp3) is 0.333. The van der Waals surface area contributed by atoms with Crippen LogP contribution in [0.2, 0.25) is 0 Å². The van der Waals surface area contributed by atoms with Gasteiger partial charge in [0, 0.05) is 12.1 Å². The first kappa shape index (κ1) is 11.8. The quantitative estimate of drug-likeness (QED) is 0.705. The van der Waals surface area contributed by atoms with E-state index in [4.69, 9.17) is 11.5 Å².